The molecule has 4 atom stereocenters. The number of aliphatic hydroxyl groups is 2. The van der Waals surface area contributed by atoms with Gasteiger partial charge in [-0.2, -0.15) is 9.97 Å². The first-order valence-corrected chi connectivity index (χ1v) is 19.4. The van der Waals surface area contributed by atoms with E-state index < -0.39 is 21.6 Å². The Morgan fingerprint density at radius 2 is 1.27 bits per heavy atom. The lowest BCUT2D eigenvalue weighted by Crippen LogP contribution is -2.47. The number of halogens is 2. The molecule has 18 heteroatoms. The molecule has 49 heavy (non-hydrogen) atoms. The van der Waals surface area contributed by atoms with Crippen LogP contribution in [0.25, 0.3) is 0 Å². The van der Waals surface area contributed by atoms with Gasteiger partial charge in [-0.05, 0) is 35.6 Å². The van der Waals surface area contributed by atoms with E-state index in [0.717, 1.165) is 43.4 Å². The molecule has 4 N–H and O–H groups in total. The zero-order valence-electron chi connectivity index (χ0n) is 27.4. The summed E-state index contributed by atoms with van der Waals surface area (Å²) < 4.78 is 24.4. The van der Waals surface area contributed by atoms with E-state index in [-0.39, 0.29) is 49.8 Å². The standard InChI is InChI=1S/C19H26ClN7O2S.C11H16ClN3O2S.CH4/c1-12(2)14(11-28)21-18-17-13(5-10-30(17)29)22-19(23-18)27-8-6-26(7-9-27)16-4-3-15(20)24-25-16;1-6(2)8(5-16)13-10-9-7(3-4-18(9)17)14-11(12)15-10;/h3-4,12,14,28H,5-11H2,1-2H3,(H,21,22,23);6,8,16H,3-5H2,1-2H3,(H,13,14,15);1H4/t14-,30?;8-,18?;/m00./s1. The smallest absolute Gasteiger partial charge is 0.227 e. The highest BCUT2D eigenvalue weighted by Crippen LogP contribution is 2.32. The molecule has 0 spiro atoms. The Balaban J connectivity index is 0.000000244. The predicted octanol–water partition coefficient (Wildman–Crippen LogP) is 3.20. The van der Waals surface area contributed by atoms with E-state index in [1.165, 1.54) is 0 Å². The van der Waals surface area contributed by atoms with Gasteiger partial charge in [0.05, 0.1) is 58.3 Å². The summed E-state index contributed by atoms with van der Waals surface area (Å²) in [5.74, 6) is 4.09. The fraction of sp³-hybridized carbons (Fsp3) is 0.613. The molecular weight excluding hydrogens is 711 g/mol. The molecule has 0 radical (unpaired) electrons. The summed E-state index contributed by atoms with van der Waals surface area (Å²) in [5.41, 5.74) is 1.59. The molecule has 6 heterocycles. The molecule has 3 aromatic heterocycles. The van der Waals surface area contributed by atoms with E-state index in [4.69, 9.17) is 33.2 Å². The van der Waals surface area contributed by atoms with Gasteiger partial charge in [-0.3, -0.25) is 8.42 Å². The van der Waals surface area contributed by atoms with Crippen molar-refractivity contribution in [3.8, 4) is 0 Å². The van der Waals surface area contributed by atoms with E-state index in [1.54, 1.807) is 6.07 Å². The first-order chi connectivity index (χ1) is 23.0. The summed E-state index contributed by atoms with van der Waals surface area (Å²) in [6, 6.07) is 3.31. The molecule has 2 unspecified atom stereocenters. The quantitative estimate of drug-likeness (QED) is 0.221. The molecule has 0 bridgehead atoms. The third-order valence-corrected chi connectivity index (χ3v) is 11.8. The first kappa shape index (κ1) is 39.0. The van der Waals surface area contributed by atoms with Crippen molar-refractivity contribution in [3.63, 3.8) is 0 Å². The van der Waals surface area contributed by atoms with Crippen molar-refractivity contribution in [1.29, 1.82) is 0 Å². The number of hydrogen-bond donors (Lipinski definition) is 4. The van der Waals surface area contributed by atoms with Crippen LogP contribution in [0.3, 0.4) is 0 Å². The van der Waals surface area contributed by atoms with Crippen LogP contribution in [-0.4, -0.2) is 112 Å². The second-order valence-corrected chi connectivity index (χ2v) is 16.1. The summed E-state index contributed by atoms with van der Waals surface area (Å²) in [6.07, 6.45) is 1.34. The van der Waals surface area contributed by atoms with Gasteiger partial charge in [0.25, 0.3) is 0 Å². The fourth-order valence-electron chi connectivity index (χ4n) is 5.50. The molecule has 1 fully saturated rings. The second-order valence-electron chi connectivity index (χ2n) is 12.4. The van der Waals surface area contributed by atoms with Crippen molar-refractivity contribution >= 4 is 68.2 Å². The molecule has 0 saturated carbocycles. The van der Waals surface area contributed by atoms with Crippen LogP contribution in [0.5, 0.6) is 0 Å². The van der Waals surface area contributed by atoms with Gasteiger partial charge in [-0.15, -0.1) is 10.2 Å². The minimum absolute atomic E-state index is 0. The highest BCUT2D eigenvalue weighted by atomic mass is 35.5. The van der Waals surface area contributed by atoms with Crippen molar-refractivity contribution in [3.05, 3.63) is 34.0 Å². The number of fused-ring (bicyclic) bond motifs is 2. The Hall–Kier alpha value is -2.76. The van der Waals surface area contributed by atoms with Crippen LogP contribution in [0.2, 0.25) is 10.4 Å². The van der Waals surface area contributed by atoms with Gasteiger partial charge in [0.15, 0.2) is 11.0 Å². The lowest BCUT2D eigenvalue weighted by Gasteiger charge is -2.35. The van der Waals surface area contributed by atoms with E-state index in [0.29, 0.717) is 56.9 Å². The van der Waals surface area contributed by atoms with Crippen molar-refractivity contribution in [2.75, 3.05) is 71.3 Å². The number of hydrogen-bond acceptors (Lipinski definition) is 14. The van der Waals surface area contributed by atoms with E-state index in [9.17, 15) is 18.6 Å². The van der Waals surface area contributed by atoms with Crippen LogP contribution < -0.4 is 20.4 Å². The van der Waals surface area contributed by atoms with Crippen LogP contribution in [0.1, 0.15) is 46.5 Å². The van der Waals surface area contributed by atoms with Gasteiger partial charge >= 0.3 is 0 Å². The topological polar surface area (TPSA) is 182 Å². The van der Waals surface area contributed by atoms with Crippen molar-refractivity contribution < 1.29 is 18.6 Å². The number of nitrogens with zero attached hydrogens (tertiary/aromatic N) is 8. The molecule has 6 rings (SSSR count). The summed E-state index contributed by atoms with van der Waals surface area (Å²) >= 11 is 11.7. The van der Waals surface area contributed by atoms with Gasteiger partial charge in [0.2, 0.25) is 11.2 Å². The molecule has 0 aliphatic carbocycles. The Bertz CT molecular complexity index is 1630. The summed E-state index contributed by atoms with van der Waals surface area (Å²) in [5, 5.41) is 34.1. The van der Waals surface area contributed by atoms with Crippen molar-refractivity contribution in [1.82, 2.24) is 30.1 Å². The number of aromatic nitrogens is 6. The third kappa shape index (κ3) is 9.33. The number of aliphatic hydroxyl groups excluding tert-OH is 2. The zero-order valence-corrected chi connectivity index (χ0v) is 30.5. The van der Waals surface area contributed by atoms with Gasteiger partial charge in [0, 0.05) is 50.5 Å². The number of nitrogens with one attached hydrogen (secondary N) is 2. The highest BCUT2D eigenvalue weighted by Gasteiger charge is 2.30. The van der Waals surface area contributed by atoms with E-state index >= 15 is 0 Å². The van der Waals surface area contributed by atoms with Gasteiger partial charge < -0.3 is 30.6 Å². The summed E-state index contributed by atoms with van der Waals surface area (Å²) in [6.45, 7) is 11.0. The van der Waals surface area contributed by atoms with E-state index in [1.807, 2.05) is 33.8 Å². The van der Waals surface area contributed by atoms with Gasteiger partial charge in [-0.25, -0.2) is 9.97 Å². The Kier molecular flexibility index (Phi) is 13.9. The van der Waals surface area contributed by atoms with Gasteiger partial charge in [0.1, 0.15) is 21.4 Å². The molecule has 14 nitrogen and oxygen atoms in total. The molecule has 3 aliphatic heterocycles. The highest BCUT2D eigenvalue weighted by molar-refractivity contribution is 7.85. The fourth-order valence-corrected chi connectivity index (χ4v) is 8.41. The molecule has 0 aromatic carbocycles. The number of piperazine rings is 1. The van der Waals surface area contributed by atoms with Crippen LogP contribution in [0.15, 0.2) is 21.9 Å². The Labute approximate surface area is 302 Å². The molecule has 3 aromatic rings. The number of rotatable bonds is 10. The SMILES string of the molecule is C.CC(C)[C@H](CO)Nc1nc(Cl)nc2c1S(=O)CC2.CC(C)[C@H](CO)Nc1nc(N2CCN(c3ccc(Cl)nn3)CC2)nc2c1S(=O)CC2. The third-order valence-electron chi connectivity index (χ3n) is 8.49. The van der Waals surface area contributed by atoms with Crippen LogP contribution in [-0.2, 0) is 34.4 Å². The molecule has 3 aliphatic rings. The summed E-state index contributed by atoms with van der Waals surface area (Å²) in [4.78, 5) is 23.3. The second kappa shape index (κ2) is 17.4. The van der Waals surface area contributed by atoms with Crippen LogP contribution in [0, 0.1) is 11.8 Å². The predicted molar refractivity (Wildman–Crippen MR) is 196 cm³/mol. The lowest BCUT2D eigenvalue weighted by molar-refractivity contribution is 0.248. The number of aryl methyl sites for hydroxylation is 2. The normalized spacial score (nSPS) is 19.5. The van der Waals surface area contributed by atoms with Crippen molar-refractivity contribution in [2.24, 2.45) is 11.8 Å². The molecule has 270 valence electrons. The Morgan fingerprint density at radius 3 is 1.76 bits per heavy atom. The monoisotopic (exact) mass is 756 g/mol. The molecule has 0 amide bonds. The largest absolute Gasteiger partial charge is 0.394 e. The minimum atomic E-state index is -1.11. The van der Waals surface area contributed by atoms with Crippen LogP contribution in [0.4, 0.5) is 23.4 Å². The van der Waals surface area contributed by atoms with Crippen molar-refractivity contribution in [2.45, 2.75) is 69.8 Å². The minimum Gasteiger partial charge on any atom is -0.394 e. The Morgan fingerprint density at radius 1 is 0.755 bits per heavy atom. The molecule has 1 saturated heterocycles. The average Bonchev–Trinajstić information content (AvgIpc) is 3.64. The van der Waals surface area contributed by atoms with Crippen LogP contribution >= 0.6 is 23.2 Å². The zero-order chi connectivity index (χ0) is 34.5. The first-order valence-electron chi connectivity index (χ1n) is 16.0. The average molecular weight is 758 g/mol. The molecular formula is C31H46Cl2N10O4S2. The number of anilines is 4. The lowest BCUT2D eigenvalue weighted by atomic mass is 10.1. The maximum atomic E-state index is 12.5. The van der Waals surface area contributed by atoms with E-state index in [2.05, 4.69) is 40.6 Å². The van der Waals surface area contributed by atoms with Gasteiger partial charge in [-0.1, -0.05) is 46.7 Å². The maximum Gasteiger partial charge on any atom is 0.227 e. The summed E-state index contributed by atoms with van der Waals surface area (Å²) in [7, 11) is -2.19. The maximum absolute atomic E-state index is 12.5.